The number of nitrogens with zero attached hydrogens (tertiary/aromatic N) is 3. The number of rotatable bonds is 3. The highest BCUT2D eigenvalue weighted by molar-refractivity contribution is 7.12. The van der Waals surface area contributed by atoms with Crippen molar-refractivity contribution in [3.63, 3.8) is 0 Å². The Labute approximate surface area is 119 Å². The van der Waals surface area contributed by atoms with Crippen LogP contribution in [0.2, 0.25) is 5.28 Å². The fourth-order valence-corrected chi connectivity index (χ4v) is 3.01. The fraction of sp³-hybridized carbons (Fsp3) is 0.250. The molecule has 3 rings (SSSR count). The predicted octanol–water partition coefficient (Wildman–Crippen LogP) is 3.30. The van der Waals surface area contributed by atoms with Gasteiger partial charge in [0.05, 0.1) is 18.1 Å². The number of hydrogen-bond acceptors (Lipinski definition) is 5. The first kappa shape index (κ1) is 12.4. The van der Waals surface area contributed by atoms with Crippen molar-refractivity contribution >= 4 is 39.8 Å². The van der Waals surface area contributed by atoms with Crippen LogP contribution in [0.15, 0.2) is 12.3 Å². The van der Waals surface area contributed by atoms with Crippen molar-refractivity contribution in [1.82, 2.24) is 20.2 Å². The topological polar surface area (TPSA) is 66.5 Å². The molecule has 0 amide bonds. The minimum Gasteiger partial charge on any atom is -0.364 e. The van der Waals surface area contributed by atoms with E-state index >= 15 is 0 Å². The second-order valence-corrected chi connectivity index (χ2v) is 5.96. The molecule has 2 N–H and O–H groups in total. The van der Waals surface area contributed by atoms with Crippen LogP contribution in [0.5, 0.6) is 0 Å². The summed E-state index contributed by atoms with van der Waals surface area (Å²) in [5.41, 5.74) is 1.96. The van der Waals surface area contributed by atoms with E-state index in [-0.39, 0.29) is 5.28 Å². The van der Waals surface area contributed by atoms with E-state index in [1.807, 2.05) is 0 Å². The largest absolute Gasteiger partial charge is 0.364 e. The van der Waals surface area contributed by atoms with Crippen LogP contribution < -0.4 is 5.32 Å². The van der Waals surface area contributed by atoms with Gasteiger partial charge in [0, 0.05) is 9.75 Å². The number of aromatic nitrogens is 4. The predicted molar refractivity (Wildman–Crippen MR) is 77.8 cm³/mol. The number of fused-ring (bicyclic) bond motifs is 1. The summed E-state index contributed by atoms with van der Waals surface area (Å²) in [6.45, 7) is 4.96. The Balaban J connectivity index is 1.87. The smallest absolute Gasteiger partial charge is 0.226 e. The van der Waals surface area contributed by atoms with E-state index < -0.39 is 0 Å². The van der Waals surface area contributed by atoms with Gasteiger partial charge in [-0.15, -0.1) is 11.3 Å². The summed E-state index contributed by atoms with van der Waals surface area (Å²) >= 11 is 7.67. The lowest BCUT2D eigenvalue weighted by atomic mass is 10.3. The van der Waals surface area contributed by atoms with E-state index in [1.54, 1.807) is 17.5 Å². The molecule has 0 radical (unpaired) electrons. The van der Waals surface area contributed by atoms with E-state index in [4.69, 9.17) is 11.6 Å². The molecule has 0 aliphatic heterocycles. The summed E-state index contributed by atoms with van der Waals surface area (Å²) in [5.74, 6) is 0.701. The van der Waals surface area contributed by atoms with E-state index in [1.165, 1.54) is 15.3 Å². The summed E-state index contributed by atoms with van der Waals surface area (Å²) in [6, 6.07) is 2.18. The lowest BCUT2D eigenvalue weighted by Gasteiger charge is -2.05. The molecule has 5 nitrogen and oxygen atoms in total. The van der Waals surface area contributed by atoms with Crippen LogP contribution in [0, 0.1) is 13.8 Å². The third-order valence-electron chi connectivity index (χ3n) is 2.93. The number of nitrogens with one attached hydrogen (secondary N) is 2. The summed E-state index contributed by atoms with van der Waals surface area (Å²) in [4.78, 5) is 10.9. The summed E-state index contributed by atoms with van der Waals surface area (Å²) < 4.78 is 0. The maximum atomic E-state index is 5.88. The normalized spacial score (nSPS) is 11.1. The van der Waals surface area contributed by atoms with E-state index in [0.29, 0.717) is 18.0 Å². The standard InChI is InChI=1S/C12H12ClN5S/c1-6-3-8(19-7(6)2)4-14-10-9-5-15-18-11(9)17-12(13)16-10/h3,5H,4H2,1-2H3,(H2,14,15,16,17,18). The van der Waals surface area contributed by atoms with Gasteiger partial charge in [0.15, 0.2) is 5.65 Å². The minimum atomic E-state index is 0.206. The highest BCUT2D eigenvalue weighted by atomic mass is 35.5. The Bertz CT molecular complexity index is 713. The number of H-pyrrole nitrogens is 1. The number of hydrogen-bond donors (Lipinski definition) is 2. The molecule has 0 unspecified atom stereocenters. The molecule has 0 saturated heterocycles. The van der Waals surface area contributed by atoms with Gasteiger partial charge in [0.1, 0.15) is 5.82 Å². The molecule has 0 aliphatic rings. The summed E-state index contributed by atoms with van der Waals surface area (Å²) in [7, 11) is 0. The quantitative estimate of drug-likeness (QED) is 0.727. The second-order valence-electron chi connectivity index (χ2n) is 4.28. The van der Waals surface area contributed by atoms with Crippen molar-refractivity contribution in [2.24, 2.45) is 0 Å². The Hall–Kier alpha value is -1.66. The number of aryl methyl sites for hydroxylation is 2. The van der Waals surface area contributed by atoms with Crippen LogP contribution in [0.3, 0.4) is 0 Å². The van der Waals surface area contributed by atoms with Gasteiger partial charge in [-0.05, 0) is 37.1 Å². The van der Waals surface area contributed by atoms with E-state index in [2.05, 4.69) is 45.4 Å². The van der Waals surface area contributed by atoms with E-state index in [9.17, 15) is 0 Å². The second kappa shape index (κ2) is 4.79. The molecule has 0 saturated carbocycles. The Kier molecular flexibility index (Phi) is 3.12. The Morgan fingerprint density at radius 2 is 2.21 bits per heavy atom. The summed E-state index contributed by atoms with van der Waals surface area (Å²) in [5, 5.41) is 11.1. The molecular weight excluding hydrogens is 282 g/mol. The van der Waals surface area contributed by atoms with Gasteiger partial charge in [-0.2, -0.15) is 15.1 Å². The molecular formula is C12H12ClN5S. The number of aromatic amines is 1. The Morgan fingerprint density at radius 1 is 1.37 bits per heavy atom. The molecule has 0 aliphatic carbocycles. The van der Waals surface area contributed by atoms with Crippen molar-refractivity contribution < 1.29 is 0 Å². The molecule has 7 heteroatoms. The molecule has 98 valence electrons. The molecule has 0 atom stereocenters. The molecule has 3 heterocycles. The number of thiophene rings is 1. The molecule has 19 heavy (non-hydrogen) atoms. The summed E-state index contributed by atoms with van der Waals surface area (Å²) in [6.07, 6.45) is 1.69. The van der Waals surface area contributed by atoms with Crippen LogP contribution in [0.25, 0.3) is 11.0 Å². The van der Waals surface area contributed by atoms with Crippen LogP contribution in [-0.2, 0) is 6.54 Å². The molecule has 0 fully saturated rings. The molecule has 0 spiro atoms. The zero-order valence-electron chi connectivity index (χ0n) is 10.5. The number of anilines is 1. The van der Waals surface area contributed by atoms with Gasteiger partial charge < -0.3 is 5.32 Å². The zero-order valence-corrected chi connectivity index (χ0v) is 12.1. The van der Waals surface area contributed by atoms with Gasteiger partial charge in [-0.25, -0.2) is 0 Å². The van der Waals surface area contributed by atoms with Crippen molar-refractivity contribution in [2.45, 2.75) is 20.4 Å². The van der Waals surface area contributed by atoms with Gasteiger partial charge in [0.25, 0.3) is 0 Å². The van der Waals surface area contributed by atoms with Crippen molar-refractivity contribution in [3.8, 4) is 0 Å². The average molecular weight is 294 g/mol. The highest BCUT2D eigenvalue weighted by Crippen LogP contribution is 2.24. The lowest BCUT2D eigenvalue weighted by Crippen LogP contribution is -2.01. The molecule has 3 aromatic rings. The monoisotopic (exact) mass is 293 g/mol. The molecule has 3 aromatic heterocycles. The van der Waals surface area contributed by atoms with Gasteiger partial charge in [-0.3, -0.25) is 5.10 Å². The fourth-order valence-electron chi connectivity index (χ4n) is 1.85. The van der Waals surface area contributed by atoms with Crippen molar-refractivity contribution in [3.05, 3.63) is 32.9 Å². The van der Waals surface area contributed by atoms with Crippen LogP contribution in [0.1, 0.15) is 15.3 Å². The maximum Gasteiger partial charge on any atom is 0.226 e. The van der Waals surface area contributed by atoms with Gasteiger partial charge in [-0.1, -0.05) is 0 Å². The van der Waals surface area contributed by atoms with Gasteiger partial charge >= 0.3 is 0 Å². The van der Waals surface area contributed by atoms with Gasteiger partial charge in [0.2, 0.25) is 5.28 Å². The van der Waals surface area contributed by atoms with Crippen molar-refractivity contribution in [1.29, 1.82) is 0 Å². The molecule has 0 bridgehead atoms. The van der Waals surface area contributed by atoms with Crippen LogP contribution in [-0.4, -0.2) is 20.2 Å². The maximum absolute atomic E-state index is 5.88. The van der Waals surface area contributed by atoms with Crippen molar-refractivity contribution in [2.75, 3.05) is 5.32 Å². The zero-order chi connectivity index (χ0) is 13.4. The molecule has 0 aromatic carbocycles. The third kappa shape index (κ3) is 2.41. The van der Waals surface area contributed by atoms with E-state index in [0.717, 1.165) is 5.39 Å². The first-order valence-corrected chi connectivity index (χ1v) is 6.99. The Morgan fingerprint density at radius 3 is 2.95 bits per heavy atom. The lowest BCUT2D eigenvalue weighted by molar-refractivity contribution is 1.08. The first-order chi connectivity index (χ1) is 9.13. The van der Waals surface area contributed by atoms with Crippen LogP contribution >= 0.6 is 22.9 Å². The van der Waals surface area contributed by atoms with Crippen LogP contribution in [0.4, 0.5) is 5.82 Å². The SMILES string of the molecule is Cc1cc(CNc2nc(Cl)nc3[nH]ncc23)sc1C. The average Bonchev–Trinajstić information content (AvgIpc) is 2.94. The minimum absolute atomic E-state index is 0.206. The first-order valence-electron chi connectivity index (χ1n) is 5.80. The third-order valence-corrected chi connectivity index (χ3v) is 4.25. The number of halogens is 1. The highest BCUT2D eigenvalue weighted by Gasteiger charge is 2.09.